The number of aromatic nitrogens is 2. The minimum atomic E-state index is -0.341. The van der Waals surface area contributed by atoms with Crippen LogP contribution in [0, 0.1) is 18.3 Å². The van der Waals surface area contributed by atoms with Crippen LogP contribution in [0.3, 0.4) is 0 Å². The Balaban J connectivity index is 1.75. The Morgan fingerprint density at radius 1 is 1.25 bits per heavy atom. The molecule has 0 aliphatic carbocycles. The number of carbonyl (C=O) groups excluding carboxylic acids is 1. The number of halogens is 1. The van der Waals surface area contributed by atoms with Crippen LogP contribution >= 0.6 is 11.6 Å². The minimum Gasteiger partial charge on any atom is -0.493 e. The zero-order chi connectivity index (χ0) is 19.9. The van der Waals surface area contributed by atoms with Gasteiger partial charge in [0.05, 0.1) is 24.1 Å². The van der Waals surface area contributed by atoms with Crippen molar-refractivity contribution >= 4 is 23.2 Å². The average Bonchev–Trinajstić information content (AvgIpc) is 3.00. The van der Waals surface area contributed by atoms with Crippen molar-refractivity contribution in [1.82, 2.24) is 9.78 Å². The molecule has 0 saturated carbocycles. The molecule has 0 bridgehead atoms. The molecule has 1 amide bonds. The highest BCUT2D eigenvalue weighted by Gasteiger charge is 2.21. The van der Waals surface area contributed by atoms with Crippen LogP contribution in [-0.2, 0) is 0 Å². The van der Waals surface area contributed by atoms with Crippen molar-refractivity contribution in [1.29, 1.82) is 5.26 Å². The number of aryl methyl sites for hydroxylation is 1. The smallest absolute Gasteiger partial charge is 0.260 e. The van der Waals surface area contributed by atoms with Crippen molar-refractivity contribution in [3.05, 3.63) is 71.0 Å². The van der Waals surface area contributed by atoms with Crippen molar-refractivity contribution in [2.45, 2.75) is 19.8 Å². The molecule has 0 unspecified atom stereocenters. The zero-order valence-electron chi connectivity index (χ0n) is 15.4. The number of hydrogen-bond acceptors (Lipinski definition) is 4. The molecule has 6 nitrogen and oxygen atoms in total. The van der Waals surface area contributed by atoms with Crippen LogP contribution in [0.4, 0.5) is 5.69 Å². The van der Waals surface area contributed by atoms with Crippen molar-refractivity contribution in [3.8, 4) is 17.5 Å². The van der Waals surface area contributed by atoms with E-state index in [0.29, 0.717) is 42.1 Å². The van der Waals surface area contributed by atoms with Crippen molar-refractivity contribution in [2.75, 3.05) is 11.9 Å². The Labute approximate surface area is 168 Å². The first-order valence-corrected chi connectivity index (χ1v) is 9.19. The molecule has 0 atom stereocenters. The van der Waals surface area contributed by atoms with E-state index < -0.39 is 0 Å². The molecule has 7 heteroatoms. The van der Waals surface area contributed by atoms with Crippen LogP contribution in [0.5, 0.6) is 5.75 Å². The zero-order valence-corrected chi connectivity index (χ0v) is 16.1. The van der Waals surface area contributed by atoms with Gasteiger partial charge < -0.3 is 10.1 Å². The Hall–Kier alpha value is -3.30. The van der Waals surface area contributed by atoms with Gasteiger partial charge in [-0.25, -0.2) is 4.68 Å². The van der Waals surface area contributed by atoms with E-state index in [1.807, 2.05) is 30.3 Å². The summed E-state index contributed by atoms with van der Waals surface area (Å²) in [6.45, 7) is 2.19. The summed E-state index contributed by atoms with van der Waals surface area (Å²) in [6.07, 6.45) is 1.10. The summed E-state index contributed by atoms with van der Waals surface area (Å²) in [4.78, 5) is 12.8. The molecule has 3 rings (SSSR count). The molecule has 142 valence electrons. The maximum atomic E-state index is 12.8. The number of ether oxygens (including phenoxy) is 1. The number of nitriles is 1. The predicted octanol–water partition coefficient (Wildman–Crippen LogP) is 4.77. The van der Waals surface area contributed by atoms with E-state index in [0.717, 1.165) is 5.69 Å². The lowest BCUT2D eigenvalue weighted by molar-refractivity contribution is 0.102. The second-order valence-electron chi connectivity index (χ2n) is 6.09. The molecule has 0 saturated heterocycles. The fourth-order valence-corrected chi connectivity index (χ4v) is 3.05. The van der Waals surface area contributed by atoms with Crippen LogP contribution in [0.25, 0.3) is 5.69 Å². The lowest BCUT2D eigenvalue weighted by Gasteiger charge is -2.09. The Morgan fingerprint density at radius 3 is 2.79 bits per heavy atom. The summed E-state index contributed by atoms with van der Waals surface area (Å²) in [5.41, 5.74) is 2.23. The molecule has 0 aliphatic rings. The van der Waals surface area contributed by atoms with Gasteiger partial charge in [0, 0.05) is 18.2 Å². The Kier molecular flexibility index (Phi) is 6.30. The first-order chi connectivity index (χ1) is 13.6. The van der Waals surface area contributed by atoms with Crippen LogP contribution < -0.4 is 10.1 Å². The van der Waals surface area contributed by atoms with E-state index in [-0.39, 0.29) is 11.1 Å². The normalized spacial score (nSPS) is 10.3. The lowest BCUT2D eigenvalue weighted by Crippen LogP contribution is -2.13. The van der Waals surface area contributed by atoms with E-state index in [9.17, 15) is 4.79 Å². The molecule has 1 heterocycles. The fraction of sp³-hybridized carbons (Fsp3) is 0.190. The molecule has 0 radical (unpaired) electrons. The van der Waals surface area contributed by atoms with E-state index in [2.05, 4.69) is 16.5 Å². The highest BCUT2D eigenvalue weighted by molar-refractivity contribution is 6.34. The van der Waals surface area contributed by atoms with Gasteiger partial charge in [0.25, 0.3) is 5.91 Å². The van der Waals surface area contributed by atoms with E-state index in [1.54, 1.807) is 35.9 Å². The third-order valence-electron chi connectivity index (χ3n) is 4.03. The van der Waals surface area contributed by atoms with Gasteiger partial charge in [-0.15, -0.1) is 0 Å². The standard InChI is InChI=1S/C21H19ClN4O2/c1-15-19(20(22)26(25-15)17-9-3-2-4-10-17)21(27)24-16-8-7-11-18(14-16)28-13-6-5-12-23/h2-4,7-11,14H,5-6,13H2,1H3,(H,24,27). The maximum Gasteiger partial charge on any atom is 0.260 e. The third kappa shape index (κ3) is 4.51. The van der Waals surface area contributed by atoms with E-state index in [4.69, 9.17) is 21.6 Å². The van der Waals surface area contributed by atoms with Crippen LogP contribution in [0.1, 0.15) is 28.9 Å². The van der Waals surface area contributed by atoms with Gasteiger partial charge in [-0.3, -0.25) is 4.79 Å². The summed E-state index contributed by atoms with van der Waals surface area (Å²) >= 11 is 6.44. The molecular weight excluding hydrogens is 376 g/mol. The van der Waals surface area contributed by atoms with Gasteiger partial charge in [-0.1, -0.05) is 35.9 Å². The highest BCUT2D eigenvalue weighted by Crippen LogP contribution is 2.25. The van der Waals surface area contributed by atoms with Crippen molar-refractivity contribution < 1.29 is 9.53 Å². The summed E-state index contributed by atoms with van der Waals surface area (Å²) in [5.74, 6) is 0.282. The second kappa shape index (κ2) is 9.07. The number of amides is 1. The summed E-state index contributed by atoms with van der Waals surface area (Å²) in [5, 5.41) is 16.0. The number of unbranched alkanes of at least 4 members (excludes halogenated alkanes) is 1. The van der Waals surface area contributed by atoms with Gasteiger partial charge in [0.1, 0.15) is 16.5 Å². The monoisotopic (exact) mass is 394 g/mol. The van der Waals surface area contributed by atoms with Crippen LogP contribution in [0.15, 0.2) is 54.6 Å². The molecule has 0 fully saturated rings. The van der Waals surface area contributed by atoms with Crippen LogP contribution in [-0.4, -0.2) is 22.3 Å². The number of hydrogen-bond donors (Lipinski definition) is 1. The van der Waals surface area contributed by atoms with Gasteiger partial charge in [-0.05, 0) is 37.6 Å². The molecule has 3 aromatic rings. The van der Waals surface area contributed by atoms with Gasteiger partial charge in [0.15, 0.2) is 0 Å². The molecule has 0 aliphatic heterocycles. The number of nitrogens with one attached hydrogen (secondary N) is 1. The van der Waals surface area contributed by atoms with Gasteiger partial charge in [0.2, 0.25) is 0 Å². The number of rotatable bonds is 7. The molecule has 28 heavy (non-hydrogen) atoms. The Bertz CT molecular complexity index is 1010. The first-order valence-electron chi connectivity index (χ1n) is 8.82. The van der Waals surface area contributed by atoms with Gasteiger partial charge in [-0.2, -0.15) is 10.4 Å². The minimum absolute atomic E-state index is 0.255. The summed E-state index contributed by atoms with van der Waals surface area (Å²) < 4.78 is 7.14. The predicted molar refractivity (Wildman–Crippen MR) is 108 cm³/mol. The highest BCUT2D eigenvalue weighted by atomic mass is 35.5. The quantitative estimate of drug-likeness (QED) is 0.585. The molecule has 1 N–H and O–H groups in total. The number of para-hydroxylation sites is 1. The SMILES string of the molecule is Cc1nn(-c2ccccc2)c(Cl)c1C(=O)Nc1cccc(OCCCC#N)c1. The number of anilines is 1. The maximum absolute atomic E-state index is 12.8. The van der Waals surface area contributed by atoms with E-state index >= 15 is 0 Å². The summed E-state index contributed by atoms with van der Waals surface area (Å²) in [6, 6.07) is 18.6. The number of carbonyl (C=O) groups is 1. The topological polar surface area (TPSA) is 79.9 Å². The van der Waals surface area contributed by atoms with Gasteiger partial charge >= 0.3 is 0 Å². The average molecular weight is 395 g/mol. The molecule has 1 aromatic heterocycles. The largest absolute Gasteiger partial charge is 0.493 e. The Morgan fingerprint density at radius 2 is 2.04 bits per heavy atom. The van der Waals surface area contributed by atoms with Crippen molar-refractivity contribution in [2.24, 2.45) is 0 Å². The lowest BCUT2D eigenvalue weighted by atomic mass is 10.2. The summed E-state index contributed by atoms with van der Waals surface area (Å²) in [7, 11) is 0. The number of nitrogens with zero attached hydrogens (tertiary/aromatic N) is 3. The first kappa shape index (κ1) is 19.5. The third-order valence-corrected chi connectivity index (χ3v) is 4.37. The number of benzene rings is 2. The molecule has 2 aromatic carbocycles. The van der Waals surface area contributed by atoms with Crippen molar-refractivity contribution in [3.63, 3.8) is 0 Å². The fourth-order valence-electron chi connectivity index (χ4n) is 2.70. The second-order valence-corrected chi connectivity index (χ2v) is 6.45. The van der Waals surface area contributed by atoms with Crippen LogP contribution in [0.2, 0.25) is 5.15 Å². The molecule has 0 spiro atoms. The van der Waals surface area contributed by atoms with E-state index in [1.165, 1.54) is 0 Å². The molecular formula is C21H19ClN4O2.